The SMILES string of the molecule is CCCCc1ccc(S(=O)(=O)Nc2nn(Cc3c(F)cccc3Cl)cc2Br)cc1. The smallest absolute Gasteiger partial charge is 0.263 e. The van der Waals surface area contributed by atoms with Crippen molar-refractivity contribution in [1.29, 1.82) is 0 Å². The summed E-state index contributed by atoms with van der Waals surface area (Å²) in [4.78, 5) is 0.149. The standard InChI is InChI=1S/C20H20BrClFN3O2S/c1-2-3-5-14-8-10-15(11-9-14)29(27,28)25-20-17(21)13-26(24-20)12-16-18(22)6-4-7-19(16)23/h4,6-11,13H,2-3,5,12H2,1H3,(H,24,25). The summed E-state index contributed by atoms with van der Waals surface area (Å²) in [7, 11) is -3.80. The van der Waals surface area contributed by atoms with E-state index in [-0.39, 0.29) is 27.8 Å². The number of hydrogen-bond acceptors (Lipinski definition) is 3. The van der Waals surface area contributed by atoms with Gasteiger partial charge >= 0.3 is 0 Å². The van der Waals surface area contributed by atoms with Crippen LogP contribution in [0.25, 0.3) is 0 Å². The molecule has 9 heteroatoms. The molecule has 0 bridgehead atoms. The molecular formula is C20H20BrClFN3O2S. The molecule has 0 unspecified atom stereocenters. The summed E-state index contributed by atoms with van der Waals surface area (Å²) in [6.07, 6.45) is 4.62. The lowest BCUT2D eigenvalue weighted by Crippen LogP contribution is -2.14. The first-order valence-electron chi connectivity index (χ1n) is 9.07. The summed E-state index contributed by atoms with van der Waals surface area (Å²) in [6.45, 7) is 2.18. The van der Waals surface area contributed by atoms with Crippen LogP contribution in [0.15, 0.2) is 58.0 Å². The minimum atomic E-state index is -3.80. The molecule has 0 amide bonds. The lowest BCUT2D eigenvalue weighted by Gasteiger charge is -2.08. The molecule has 0 saturated carbocycles. The summed E-state index contributed by atoms with van der Waals surface area (Å²) < 4.78 is 43.7. The third-order valence-corrected chi connectivity index (χ3v) is 6.67. The number of nitrogens with zero attached hydrogens (tertiary/aromatic N) is 2. The van der Waals surface area contributed by atoms with Crippen LogP contribution in [0.3, 0.4) is 0 Å². The van der Waals surface area contributed by atoms with Gasteiger partial charge in [0.2, 0.25) is 0 Å². The number of unbranched alkanes of at least 4 members (excludes halogenated alkanes) is 1. The van der Waals surface area contributed by atoms with Gasteiger partial charge in [0.25, 0.3) is 10.0 Å². The normalized spacial score (nSPS) is 11.6. The maximum Gasteiger partial charge on any atom is 0.263 e. The lowest BCUT2D eigenvalue weighted by molar-refractivity contribution is 0.585. The second-order valence-corrected chi connectivity index (χ2v) is 9.52. The van der Waals surface area contributed by atoms with Crippen LogP contribution in [0.4, 0.5) is 10.2 Å². The number of sulfonamides is 1. The van der Waals surface area contributed by atoms with Gasteiger partial charge in [0.15, 0.2) is 5.82 Å². The Morgan fingerprint density at radius 2 is 1.93 bits per heavy atom. The Labute approximate surface area is 183 Å². The first kappa shape index (κ1) is 21.8. The van der Waals surface area contributed by atoms with E-state index in [4.69, 9.17) is 11.6 Å². The molecule has 0 saturated heterocycles. The number of aryl methyl sites for hydroxylation is 1. The van der Waals surface area contributed by atoms with Crippen LogP contribution in [0.1, 0.15) is 30.9 Å². The van der Waals surface area contributed by atoms with Crippen molar-refractivity contribution in [3.8, 4) is 0 Å². The minimum Gasteiger partial charge on any atom is -0.265 e. The Bertz CT molecular complexity index is 1080. The quantitative estimate of drug-likeness (QED) is 0.436. The molecule has 0 spiro atoms. The lowest BCUT2D eigenvalue weighted by atomic mass is 10.1. The highest BCUT2D eigenvalue weighted by atomic mass is 79.9. The summed E-state index contributed by atoms with van der Waals surface area (Å²) in [5, 5.41) is 4.49. The van der Waals surface area contributed by atoms with Gasteiger partial charge in [-0.15, -0.1) is 0 Å². The van der Waals surface area contributed by atoms with Gasteiger partial charge in [-0.1, -0.05) is 43.1 Å². The highest BCUT2D eigenvalue weighted by Crippen LogP contribution is 2.26. The Morgan fingerprint density at radius 3 is 2.59 bits per heavy atom. The third kappa shape index (κ3) is 5.38. The molecule has 1 heterocycles. The van der Waals surface area contributed by atoms with E-state index in [1.54, 1.807) is 24.4 Å². The number of hydrogen-bond donors (Lipinski definition) is 1. The van der Waals surface area contributed by atoms with Gasteiger partial charge in [0.05, 0.1) is 15.9 Å². The molecule has 0 radical (unpaired) electrons. The molecule has 0 aliphatic rings. The van der Waals surface area contributed by atoms with Crippen LogP contribution in [0, 0.1) is 5.82 Å². The molecule has 29 heavy (non-hydrogen) atoms. The van der Waals surface area contributed by atoms with Crippen molar-refractivity contribution in [1.82, 2.24) is 9.78 Å². The topological polar surface area (TPSA) is 64.0 Å². The van der Waals surface area contributed by atoms with Gasteiger partial charge in [-0.05, 0) is 58.6 Å². The predicted molar refractivity (Wildman–Crippen MR) is 116 cm³/mol. The average Bonchev–Trinajstić information content (AvgIpc) is 3.02. The molecule has 1 aromatic heterocycles. The van der Waals surface area contributed by atoms with Gasteiger partial charge in [-0.3, -0.25) is 9.40 Å². The number of aromatic nitrogens is 2. The van der Waals surface area contributed by atoms with Gasteiger partial charge in [0.1, 0.15) is 5.82 Å². The fourth-order valence-electron chi connectivity index (χ4n) is 2.79. The van der Waals surface area contributed by atoms with E-state index in [0.717, 1.165) is 24.8 Å². The minimum absolute atomic E-state index is 0.0674. The van der Waals surface area contributed by atoms with Crippen LogP contribution in [-0.2, 0) is 23.0 Å². The van der Waals surface area contributed by atoms with E-state index in [9.17, 15) is 12.8 Å². The highest BCUT2D eigenvalue weighted by Gasteiger charge is 2.19. The third-order valence-electron chi connectivity index (χ3n) is 4.38. The van der Waals surface area contributed by atoms with Crippen molar-refractivity contribution in [2.24, 2.45) is 0 Å². The van der Waals surface area contributed by atoms with Crippen molar-refractivity contribution in [2.75, 3.05) is 4.72 Å². The Balaban J connectivity index is 1.78. The first-order chi connectivity index (χ1) is 13.8. The van der Waals surface area contributed by atoms with Crippen molar-refractivity contribution in [3.05, 3.63) is 75.1 Å². The Kier molecular flexibility index (Phi) is 6.97. The van der Waals surface area contributed by atoms with Crippen molar-refractivity contribution < 1.29 is 12.8 Å². The van der Waals surface area contributed by atoms with Gasteiger partial charge in [-0.25, -0.2) is 12.8 Å². The van der Waals surface area contributed by atoms with Crippen molar-refractivity contribution in [2.45, 2.75) is 37.6 Å². The highest BCUT2D eigenvalue weighted by molar-refractivity contribution is 9.10. The molecule has 1 N–H and O–H groups in total. The first-order valence-corrected chi connectivity index (χ1v) is 11.7. The van der Waals surface area contributed by atoms with Crippen molar-refractivity contribution in [3.63, 3.8) is 0 Å². The largest absolute Gasteiger partial charge is 0.265 e. The molecular weight excluding hydrogens is 481 g/mol. The van der Waals surface area contributed by atoms with Gasteiger partial charge in [0, 0.05) is 16.8 Å². The zero-order valence-electron chi connectivity index (χ0n) is 15.7. The maximum absolute atomic E-state index is 14.0. The van der Waals surface area contributed by atoms with Crippen LogP contribution < -0.4 is 4.72 Å². The molecule has 3 rings (SSSR count). The van der Waals surface area contributed by atoms with E-state index in [1.165, 1.54) is 16.8 Å². The molecule has 3 aromatic rings. The van der Waals surface area contributed by atoms with Gasteiger partial charge in [-0.2, -0.15) is 5.10 Å². The maximum atomic E-state index is 14.0. The zero-order valence-corrected chi connectivity index (χ0v) is 18.9. The van der Waals surface area contributed by atoms with Gasteiger partial charge < -0.3 is 0 Å². The van der Waals surface area contributed by atoms with E-state index in [0.29, 0.717) is 4.47 Å². The second-order valence-electron chi connectivity index (χ2n) is 6.58. The van der Waals surface area contributed by atoms with Crippen LogP contribution >= 0.6 is 27.5 Å². The summed E-state index contributed by atoms with van der Waals surface area (Å²) in [5.41, 5.74) is 1.37. The number of halogens is 3. The number of rotatable bonds is 8. The molecule has 5 nitrogen and oxygen atoms in total. The molecule has 154 valence electrons. The second kappa shape index (κ2) is 9.28. The fraction of sp³-hybridized carbons (Fsp3) is 0.250. The van der Waals surface area contributed by atoms with Crippen LogP contribution in [-0.4, -0.2) is 18.2 Å². The average molecular weight is 501 g/mol. The summed E-state index contributed by atoms with van der Waals surface area (Å²) >= 11 is 9.35. The predicted octanol–water partition coefficient (Wildman–Crippen LogP) is 5.63. The van der Waals surface area contributed by atoms with Crippen molar-refractivity contribution >= 4 is 43.4 Å². The summed E-state index contributed by atoms with van der Waals surface area (Å²) in [5.74, 6) is -0.332. The Morgan fingerprint density at radius 1 is 1.21 bits per heavy atom. The van der Waals surface area contributed by atoms with E-state index < -0.39 is 15.8 Å². The Hall–Kier alpha value is -1.90. The zero-order chi connectivity index (χ0) is 21.0. The molecule has 0 aliphatic heterocycles. The fourth-order valence-corrected chi connectivity index (χ4v) is 4.58. The van der Waals surface area contributed by atoms with Crippen LogP contribution in [0.5, 0.6) is 0 Å². The van der Waals surface area contributed by atoms with E-state index >= 15 is 0 Å². The molecule has 0 atom stereocenters. The van der Waals surface area contributed by atoms with Crippen LogP contribution in [0.2, 0.25) is 5.02 Å². The van der Waals surface area contributed by atoms with E-state index in [2.05, 4.69) is 32.7 Å². The molecule has 2 aromatic carbocycles. The number of anilines is 1. The van der Waals surface area contributed by atoms with E-state index in [1.807, 2.05) is 12.1 Å². The monoisotopic (exact) mass is 499 g/mol. The summed E-state index contributed by atoms with van der Waals surface area (Å²) in [6, 6.07) is 11.2. The number of benzene rings is 2. The number of nitrogens with one attached hydrogen (secondary N) is 1. The molecule has 0 aliphatic carbocycles. The molecule has 0 fully saturated rings.